The van der Waals surface area contributed by atoms with E-state index in [1.807, 2.05) is 0 Å². The van der Waals surface area contributed by atoms with Gasteiger partial charge in [0.15, 0.2) is 0 Å². The highest BCUT2D eigenvalue weighted by Gasteiger charge is 2.76. The van der Waals surface area contributed by atoms with Crippen molar-refractivity contribution in [3.63, 3.8) is 0 Å². The maximum absolute atomic E-state index is 3.03. The third kappa shape index (κ3) is 12.3. The van der Waals surface area contributed by atoms with E-state index < -0.39 is 0 Å². The first kappa shape index (κ1) is 73.7. The molecule has 0 N–H and O–H groups in total. The van der Waals surface area contributed by atoms with E-state index >= 15 is 0 Å². The predicted molar refractivity (Wildman–Crippen MR) is 398 cm³/mol. The smallest absolute Gasteiger partial charge is 0.0207 e. The van der Waals surface area contributed by atoms with Crippen LogP contribution in [0.1, 0.15) is 353 Å². The number of fused-ring (bicyclic) bond motifs is 3. The molecule has 0 radical (unpaired) electrons. The number of hydrogen-bond donors (Lipinski definition) is 0. The summed E-state index contributed by atoms with van der Waals surface area (Å²) in [6.07, 6.45) is 40.5. The molecule has 10 rings (SSSR count). The minimum atomic E-state index is 0.373. The van der Waals surface area contributed by atoms with Gasteiger partial charge in [0.2, 0.25) is 0 Å². The predicted octanol–water partition coefficient (Wildman–Crippen LogP) is 27.8. The fourth-order valence-corrected chi connectivity index (χ4v) is 31.1. The van der Waals surface area contributed by atoms with Crippen molar-refractivity contribution in [1.82, 2.24) is 0 Å². The van der Waals surface area contributed by atoms with Crippen LogP contribution in [0.5, 0.6) is 0 Å². The molecule has 0 heteroatoms. The van der Waals surface area contributed by atoms with Crippen LogP contribution in [0.25, 0.3) is 0 Å². The van der Waals surface area contributed by atoms with E-state index in [-0.39, 0.29) is 0 Å². The third-order valence-electron chi connectivity index (χ3n) is 40.1. The summed E-state index contributed by atoms with van der Waals surface area (Å²) in [7, 11) is 0. The summed E-state index contributed by atoms with van der Waals surface area (Å²) >= 11 is 0. The summed E-state index contributed by atoms with van der Waals surface area (Å²) in [4.78, 5) is 0. The van der Waals surface area contributed by atoms with Crippen LogP contribution in [-0.2, 0) is 0 Å². The van der Waals surface area contributed by atoms with E-state index in [2.05, 4.69) is 180 Å². The zero-order chi connectivity index (χ0) is 66.6. The maximum Gasteiger partial charge on any atom is -0.0207 e. The second kappa shape index (κ2) is 28.2. The van der Waals surface area contributed by atoms with E-state index in [0.29, 0.717) is 32.5 Å². The Morgan fingerprint density at radius 1 is 0.308 bits per heavy atom. The Morgan fingerprint density at radius 3 is 1.03 bits per heavy atom. The van der Waals surface area contributed by atoms with Crippen molar-refractivity contribution < 1.29 is 0 Å². The van der Waals surface area contributed by atoms with Crippen molar-refractivity contribution in [3.05, 3.63) is 0 Å². The lowest BCUT2D eigenvalue weighted by Crippen LogP contribution is -2.68. The summed E-state index contributed by atoms with van der Waals surface area (Å²) in [5.41, 5.74) is 2.60. The molecule has 0 aromatic rings. The monoisotopic (exact) mass is 1260 g/mol. The highest BCUT2D eigenvalue weighted by Crippen LogP contribution is 2.85. The van der Waals surface area contributed by atoms with Gasteiger partial charge in [-0.15, -0.1) is 0 Å². The molecular weight excluding hydrogens is 1090 g/mol. The maximum atomic E-state index is 3.03. The molecule has 528 valence electrons. The molecule has 23 unspecified atom stereocenters. The van der Waals surface area contributed by atoms with Crippen LogP contribution in [0.2, 0.25) is 0 Å². The minimum Gasteiger partial charge on any atom is -0.0651 e. The van der Waals surface area contributed by atoms with Crippen LogP contribution in [0.15, 0.2) is 0 Å². The minimum absolute atomic E-state index is 0.373. The molecule has 0 heterocycles. The summed E-state index contributed by atoms with van der Waals surface area (Å²) in [6, 6.07) is 0. The summed E-state index contributed by atoms with van der Waals surface area (Å²) in [5.74, 6) is 28.3. The van der Waals surface area contributed by atoms with E-state index in [4.69, 9.17) is 0 Å². The Balaban J connectivity index is 0.947. The van der Waals surface area contributed by atoms with Gasteiger partial charge in [-0.3, -0.25) is 0 Å². The molecule has 10 aliphatic carbocycles. The Bertz CT molecular complexity index is 2320. The lowest BCUT2D eigenvalue weighted by Gasteiger charge is -2.76. The first-order valence-corrected chi connectivity index (χ1v) is 42.8. The van der Waals surface area contributed by atoms with Crippen molar-refractivity contribution in [2.24, 2.45) is 222 Å². The molecule has 0 saturated heterocycles. The van der Waals surface area contributed by atoms with Gasteiger partial charge in [-0.2, -0.15) is 0 Å². The number of hydrogen-bond acceptors (Lipinski definition) is 0. The highest BCUT2D eigenvalue weighted by molar-refractivity contribution is 5.25. The lowest BCUT2D eigenvalue weighted by atomic mass is 9.28. The van der Waals surface area contributed by atoms with Gasteiger partial charge in [0.25, 0.3) is 0 Å². The Labute approximate surface area is 572 Å². The van der Waals surface area contributed by atoms with Gasteiger partial charge in [0.05, 0.1) is 0 Å². The van der Waals surface area contributed by atoms with Crippen LogP contribution in [-0.4, -0.2) is 0 Å². The fraction of sp³-hybridized carbons (Fsp3) is 1.00. The van der Waals surface area contributed by atoms with Gasteiger partial charge in [0, 0.05) is 0 Å². The average Bonchev–Trinajstić information content (AvgIpc) is 1.65. The molecular formula is C91H164. The zero-order valence-corrected chi connectivity index (χ0v) is 66.6. The van der Waals surface area contributed by atoms with E-state index in [9.17, 15) is 0 Å². The molecule has 10 saturated carbocycles. The van der Waals surface area contributed by atoms with Crippen LogP contribution < -0.4 is 0 Å². The van der Waals surface area contributed by atoms with Gasteiger partial charge in [-0.05, 0) is 350 Å². The summed E-state index contributed by atoms with van der Waals surface area (Å²) < 4.78 is 0. The largest absolute Gasteiger partial charge is 0.0651 e. The topological polar surface area (TPSA) is 0 Å². The molecule has 0 aliphatic heterocycles. The van der Waals surface area contributed by atoms with Gasteiger partial charge >= 0.3 is 0 Å². The molecule has 10 aliphatic rings. The van der Waals surface area contributed by atoms with Crippen molar-refractivity contribution in [3.8, 4) is 0 Å². The highest BCUT2D eigenvalue weighted by atomic mass is 14.8. The van der Waals surface area contributed by atoms with Crippen molar-refractivity contribution in [2.45, 2.75) is 353 Å². The van der Waals surface area contributed by atoms with Crippen LogP contribution in [0.4, 0.5) is 0 Å². The van der Waals surface area contributed by atoms with E-state index in [0.717, 1.165) is 189 Å². The quantitative estimate of drug-likeness (QED) is 0.121. The van der Waals surface area contributed by atoms with Gasteiger partial charge < -0.3 is 0 Å². The summed E-state index contributed by atoms with van der Waals surface area (Å²) in [6.45, 7) is 71.3. The van der Waals surface area contributed by atoms with Crippen molar-refractivity contribution in [2.75, 3.05) is 0 Å². The first-order valence-electron chi connectivity index (χ1n) is 42.8. The van der Waals surface area contributed by atoms with Crippen LogP contribution in [0.3, 0.4) is 0 Å². The molecule has 10 fully saturated rings. The van der Waals surface area contributed by atoms with E-state index in [1.165, 1.54) is 128 Å². The first-order chi connectivity index (χ1) is 42.8. The van der Waals surface area contributed by atoms with Crippen LogP contribution in [0, 0.1) is 222 Å². The van der Waals surface area contributed by atoms with Gasteiger partial charge in [-0.25, -0.2) is 0 Å². The van der Waals surface area contributed by atoms with Gasteiger partial charge in [0.1, 0.15) is 0 Å². The molecule has 0 amide bonds. The Hall–Kier alpha value is 0. The van der Waals surface area contributed by atoms with Crippen LogP contribution >= 0.6 is 0 Å². The molecule has 0 nitrogen and oxygen atoms in total. The third-order valence-corrected chi connectivity index (χ3v) is 40.1. The van der Waals surface area contributed by atoms with Gasteiger partial charge in [-0.1, -0.05) is 225 Å². The standard InChI is InChI=1S/C91H164/c1-27-70-41-76(64(17)56(9)60(70)13)47-82-68(21)74(31-5)45-80(84(82)49-78-43-72(29-3)62(15)58(11)66(78)19)40-54(7)86(23)34-33-35-88(25)87(86,24)37-39-91-51-55(8)90(53-91,38-36-89(88,91)26)52-81-46-75(32-6)69(22)83(48-77-42-71(28-2)61(14)57(10)65(77)18)85(81)50-79-44-73(30-4)63(16)59(12)67(79)20/h54-85H,27-53H2,1-26H3/t54?,55?,56-,57?,58?,59?,60?,61-,62?,63-,64?,65+,66?,67+,68?,69+,70-,71?,72-,73?,74-,75?,76-,77?,78-,79?,80?,81?,82-,83?,84?,85-,86?,87+,88?,89-,90?,91?/m0/s1. The lowest BCUT2D eigenvalue weighted by molar-refractivity contribution is -0.271. The normalized spacial score (nSPS) is 56.4. The Kier molecular flexibility index (Phi) is 22.8. The molecule has 2 bridgehead atoms. The van der Waals surface area contributed by atoms with Crippen molar-refractivity contribution in [1.29, 1.82) is 0 Å². The molecule has 38 atom stereocenters. The SMILES string of the molecule is CCC1CC(CC2[C@H](C)C(CC)CC(CC34CC[C@]5(C)C(CC[C@]6(C)C(C)(C(C)CC7C[C@H](CC)C(C)[C@H](C[C@@H]8C[C@H](CC)C(C)[C@H](C)C8C)C7C[C@@H]7C[C@H](CC)C(C)C(C)C7C)CCCC56C)(CC3C)C4)[C@@H]2CC2CC(CC)[C@@H](C)C(C)[C@H]2C)[C@H](C)C(C)[C@@H]1C. The molecule has 91 heavy (non-hydrogen) atoms. The second-order valence-electron chi connectivity index (χ2n) is 41.1. The zero-order valence-electron chi connectivity index (χ0n) is 66.6. The van der Waals surface area contributed by atoms with Crippen molar-refractivity contribution >= 4 is 0 Å². The fourth-order valence-electron chi connectivity index (χ4n) is 31.1. The van der Waals surface area contributed by atoms with E-state index in [1.54, 1.807) is 44.9 Å². The Morgan fingerprint density at radius 2 is 0.637 bits per heavy atom. The second-order valence-corrected chi connectivity index (χ2v) is 41.1. The average molecular weight is 1260 g/mol. The molecule has 0 aromatic heterocycles. The number of rotatable bonds is 19. The molecule has 0 aromatic carbocycles. The summed E-state index contributed by atoms with van der Waals surface area (Å²) in [5, 5.41) is 0. The molecule has 1 spiro atoms.